The van der Waals surface area contributed by atoms with Gasteiger partial charge in [-0.2, -0.15) is 0 Å². The zero-order valence-corrected chi connectivity index (χ0v) is 10.5. The third-order valence-corrected chi connectivity index (χ3v) is 2.86. The molecule has 0 aliphatic rings. The molecule has 0 fully saturated rings. The molecule has 1 aromatic heterocycles. The Hall–Kier alpha value is -1.87. The maximum atomic E-state index is 5.96. The van der Waals surface area contributed by atoms with Crippen LogP contribution in [0.4, 0.5) is 0 Å². The number of aromatic nitrogens is 1. The molecule has 1 unspecified atom stereocenters. The SMILES string of the molecule is CCC(N)c1ccc(OCc2ccccn2)cc1. The highest BCUT2D eigenvalue weighted by molar-refractivity contribution is 5.29. The quantitative estimate of drug-likeness (QED) is 0.876. The second-order valence-electron chi connectivity index (χ2n) is 4.19. The summed E-state index contributed by atoms with van der Waals surface area (Å²) in [5, 5.41) is 0. The highest BCUT2D eigenvalue weighted by atomic mass is 16.5. The van der Waals surface area contributed by atoms with Crippen LogP contribution < -0.4 is 10.5 Å². The summed E-state index contributed by atoms with van der Waals surface area (Å²) in [6, 6.07) is 13.8. The number of ether oxygens (including phenoxy) is 1. The Kier molecular flexibility index (Phi) is 4.31. The lowest BCUT2D eigenvalue weighted by Crippen LogP contribution is -2.08. The predicted octanol–water partition coefficient (Wildman–Crippen LogP) is 3.07. The first kappa shape index (κ1) is 12.6. The Bertz CT molecular complexity index is 468. The molecule has 0 spiro atoms. The van der Waals surface area contributed by atoms with Gasteiger partial charge in [0.1, 0.15) is 12.4 Å². The Labute approximate surface area is 108 Å². The molecule has 0 bridgehead atoms. The van der Waals surface area contributed by atoms with Crippen LogP contribution >= 0.6 is 0 Å². The van der Waals surface area contributed by atoms with Gasteiger partial charge in [0.05, 0.1) is 5.69 Å². The summed E-state index contributed by atoms with van der Waals surface area (Å²) in [7, 11) is 0. The average Bonchev–Trinajstić information content (AvgIpc) is 2.46. The molecule has 2 N–H and O–H groups in total. The molecule has 1 heterocycles. The van der Waals surface area contributed by atoms with E-state index in [0.29, 0.717) is 6.61 Å². The van der Waals surface area contributed by atoms with Crippen molar-refractivity contribution in [1.29, 1.82) is 0 Å². The van der Waals surface area contributed by atoms with E-state index in [1.54, 1.807) is 6.20 Å². The molecule has 0 radical (unpaired) electrons. The van der Waals surface area contributed by atoms with Crippen molar-refractivity contribution in [3.8, 4) is 5.75 Å². The average molecular weight is 242 g/mol. The van der Waals surface area contributed by atoms with E-state index in [1.807, 2.05) is 42.5 Å². The Balaban J connectivity index is 1.94. The van der Waals surface area contributed by atoms with Gasteiger partial charge in [0.25, 0.3) is 0 Å². The first-order chi connectivity index (χ1) is 8.79. The largest absolute Gasteiger partial charge is 0.487 e. The second kappa shape index (κ2) is 6.17. The minimum absolute atomic E-state index is 0.106. The minimum Gasteiger partial charge on any atom is -0.487 e. The fourth-order valence-corrected chi connectivity index (χ4v) is 1.69. The third kappa shape index (κ3) is 3.31. The molecular weight excluding hydrogens is 224 g/mol. The molecule has 0 saturated heterocycles. The smallest absolute Gasteiger partial charge is 0.130 e. The van der Waals surface area contributed by atoms with Crippen molar-refractivity contribution in [2.45, 2.75) is 26.0 Å². The van der Waals surface area contributed by atoms with Crippen LogP contribution in [0.15, 0.2) is 48.7 Å². The highest BCUT2D eigenvalue weighted by Gasteiger charge is 2.03. The summed E-state index contributed by atoms with van der Waals surface area (Å²) >= 11 is 0. The van der Waals surface area contributed by atoms with Crippen molar-refractivity contribution in [1.82, 2.24) is 4.98 Å². The van der Waals surface area contributed by atoms with Gasteiger partial charge in [-0.05, 0) is 36.2 Å². The van der Waals surface area contributed by atoms with Crippen molar-refractivity contribution < 1.29 is 4.74 Å². The van der Waals surface area contributed by atoms with E-state index in [1.165, 1.54) is 0 Å². The molecule has 18 heavy (non-hydrogen) atoms. The molecule has 2 aromatic rings. The fraction of sp³-hybridized carbons (Fsp3) is 0.267. The number of nitrogens with two attached hydrogens (primary N) is 1. The van der Waals surface area contributed by atoms with Crippen molar-refractivity contribution >= 4 is 0 Å². The van der Waals surface area contributed by atoms with E-state index in [9.17, 15) is 0 Å². The number of pyridine rings is 1. The van der Waals surface area contributed by atoms with Crippen LogP contribution in [-0.4, -0.2) is 4.98 Å². The van der Waals surface area contributed by atoms with Gasteiger partial charge in [-0.1, -0.05) is 25.1 Å². The van der Waals surface area contributed by atoms with Crippen molar-refractivity contribution in [3.05, 3.63) is 59.9 Å². The second-order valence-corrected chi connectivity index (χ2v) is 4.19. The van der Waals surface area contributed by atoms with E-state index in [0.717, 1.165) is 23.4 Å². The lowest BCUT2D eigenvalue weighted by molar-refractivity contribution is 0.301. The molecule has 0 aliphatic carbocycles. The predicted molar refractivity (Wildman–Crippen MR) is 72.2 cm³/mol. The van der Waals surface area contributed by atoms with Crippen LogP contribution in [0.5, 0.6) is 5.75 Å². The molecule has 94 valence electrons. The number of rotatable bonds is 5. The Morgan fingerprint density at radius 3 is 2.56 bits per heavy atom. The lowest BCUT2D eigenvalue weighted by Gasteiger charge is -2.10. The number of hydrogen-bond donors (Lipinski definition) is 1. The van der Waals surface area contributed by atoms with E-state index in [2.05, 4.69) is 11.9 Å². The van der Waals surface area contributed by atoms with Gasteiger partial charge >= 0.3 is 0 Å². The van der Waals surface area contributed by atoms with Gasteiger partial charge in [0, 0.05) is 12.2 Å². The Morgan fingerprint density at radius 2 is 1.94 bits per heavy atom. The maximum absolute atomic E-state index is 5.96. The summed E-state index contributed by atoms with van der Waals surface area (Å²) in [6.07, 6.45) is 2.70. The van der Waals surface area contributed by atoms with Crippen molar-refractivity contribution in [2.75, 3.05) is 0 Å². The molecule has 3 heteroatoms. The summed E-state index contributed by atoms with van der Waals surface area (Å²) in [4.78, 5) is 4.21. The topological polar surface area (TPSA) is 48.1 Å². The van der Waals surface area contributed by atoms with Crippen molar-refractivity contribution in [2.24, 2.45) is 5.73 Å². The lowest BCUT2D eigenvalue weighted by atomic mass is 10.1. The van der Waals surface area contributed by atoms with Crippen LogP contribution in [0.2, 0.25) is 0 Å². The van der Waals surface area contributed by atoms with Gasteiger partial charge in [-0.3, -0.25) is 4.98 Å². The van der Waals surface area contributed by atoms with Crippen LogP contribution in [0.3, 0.4) is 0 Å². The third-order valence-electron chi connectivity index (χ3n) is 2.86. The van der Waals surface area contributed by atoms with Gasteiger partial charge < -0.3 is 10.5 Å². The summed E-state index contributed by atoms with van der Waals surface area (Å²) in [5.74, 6) is 0.840. The van der Waals surface area contributed by atoms with Gasteiger partial charge in [-0.25, -0.2) is 0 Å². The van der Waals surface area contributed by atoms with Gasteiger partial charge in [0.15, 0.2) is 0 Å². The molecule has 2 rings (SSSR count). The molecule has 3 nitrogen and oxygen atoms in total. The highest BCUT2D eigenvalue weighted by Crippen LogP contribution is 2.18. The van der Waals surface area contributed by atoms with Crippen molar-refractivity contribution in [3.63, 3.8) is 0 Å². The van der Waals surface area contributed by atoms with E-state index in [-0.39, 0.29) is 6.04 Å². The van der Waals surface area contributed by atoms with Crippen LogP contribution in [0.1, 0.15) is 30.6 Å². The minimum atomic E-state index is 0.106. The van der Waals surface area contributed by atoms with E-state index < -0.39 is 0 Å². The zero-order chi connectivity index (χ0) is 12.8. The number of benzene rings is 1. The summed E-state index contributed by atoms with van der Waals surface area (Å²) < 4.78 is 5.66. The normalized spacial score (nSPS) is 12.1. The van der Waals surface area contributed by atoms with Crippen LogP contribution in [0, 0.1) is 0 Å². The molecule has 0 saturated carbocycles. The zero-order valence-electron chi connectivity index (χ0n) is 10.5. The van der Waals surface area contributed by atoms with Gasteiger partial charge in [-0.15, -0.1) is 0 Å². The monoisotopic (exact) mass is 242 g/mol. The maximum Gasteiger partial charge on any atom is 0.130 e. The standard InChI is InChI=1S/C15H18N2O/c1-2-15(16)12-6-8-14(9-7-12)18-11-13-5-3-4-10-17-13/h3-10,15H,2,11,16H2,1H3. The molecule has 1 atom stereocenters. The summed E-state index contributed by atoms with van der Waals surface area (Å²) in [5.41, 5.74) is 8.02. The fourth-order valence-electron chi connectivity index (χ4n) is 1.69. The Morgan fingerprint density at radius 1 is 1.17 bits per heavy atom. The first-order valence-electron chi connectivity index (χ1n) is 6.18. The van der Waals surface area contributed by atoms with E-state index in [4.69, 9.17) is 10.5 Å². The first-order valence-corrected chi connectivity index (χ1v) is 6.18. The summed E-state index contributed by atoms with van der Waals surface area (Å²) in [6.45, 7) is 2.57. The number of nitrogens with zero attached hydrogens (tertiary/aromatic N) is 1. The van der Waals surface area contributed by atoms with Crippen LogP contribution in [0.25, 0.3) is 0 Å². The molecule has 0 aliphatic heterocycles. The van der Waals surface area contributed by atoms with Gasteiger partial charge in [0.2, 0.25) is 0 Å². The molecular formula is C15H18N2O. The van der Waals surface area contributed by atoms with Crippen LogP contribution in [-0.2, 0) is 6.61 Å². The van der Waals surface area contributed by atoms with E-state index >= 15 is 0 Å². The molecule has 1 aromatic carbocycles. The molecule has 0 amide bonds. The number of hydrogen-bond acceptors (Lipinski definition) is 3.